The highest BCUT2D eigenvalue weighted by molar-refractivity contribution is 5.95. The largest absolute Gasteiger partial charge is 0.418 e. The maximum absolute atomic E-state index is 13.5. The average Bonchev–Trinajstić information content (AvgIpc) is 2.71. The summed E-state index contributed by atoms with van der Waals surface area (Å²) < 4.78 is 79.3. The van der Waals surface area contributed by atoms with Crippen LogP contribution in [0.2, 0.25) is 0 Å². The second-order valence-electron chi connectivity index (χ2n) is 6.48. The van der Waals surface area contributed by atoms with Gasteiger partial charge in [0.15, 0.2) is 0 Å². The van der Waals surface area contributed by atoms with E-state index in [0.29, 0.717) is 0 Å². The van der Waals surface area contributed by atoms with E-state index in [1.54, 1.807) is 0 Å². The van der Waals surface area contributed by atoms with Gasteiger partial charge in [-0.05, 0) is 36.8 Å². The molecule has 3 aromatic rings. The molecular formula is C20H14F6N4O. The van der Waals surface area contributed by atoms with E-state index in [4.69, 9.17) is 0 Å². The van der Waals surface area contributed by atoms with Crippen molar-refractivity contribution in [2.45, 2.75) is 25.3 Å². The van der Waals surface area contributed by atoms with Gasteiger partial charge < -0.3 is 5.32 Å². The molecule has 11 heteroatoms. The number of nitrogens with one attached hydrogen (secondary N) is 1. The number of carbonyl (C=O) groups is 1. The second-order valence-corrected chi connectivity index (χ2v) is 6.48. The Hall–Kier alpha value is -3.50. The molecule has 0 aliphatic heterocycles. The van der Waals surface area contributed by atoms with Crippen molar-refractivity contribution in [2.24, 2.45) is 0 Å². The smallest absolute Gasteiger partial charge is 0.339 e. The number of aryl methyl sites for hydroxylation is 1. The number of amides is 1. The number of benzene rings is 1. The Labute approximate surface area is 172 Å². The number of aromatic nitrogens is 3. The number of carbonyl (C=O) groups excluding carboxylic acids is 1. The van der Waals surface area contributed by atoms with E-state index >= 15 is 0 Å². The first-order valence-corrected chi connectivity index (χ1v) is 8.75. The van der Waals surface area contributed by atoms with Gasteiger partial charge in [0.25, 0.3) is 5.91 Å². The molecule has 0 spiro atoms. The van der Waals surface area contributed by atoms with Crippen molar-refractivity contribution >= 4 is 5.91 Å². The lowest BCUT2D eigenvalue weighted by atomic mass is 9.97. The number of rotatable bonds is 4. The maximum atomic E-state index is 13.5. The van der Waals surface area contributed by atoms with Gasteiger partial charge in [0, 0.05) is 12.4 Å². The molecule has 1 N–H and O–H groups in total. The van der Waals surface area contributed by atoms with Gasteiger partial charge in [0.2, 0.25) is 0 Å². The molecule has 0 fully saturated rings. The molecule has 0 bridgehead atoms. The van der Waals surface area contributed by atoms with E-state index in [1.807, 2.05) is 0 Å². The van der Waals surface area contributed by atoms with Gasteiger partial charge in [-0.3, -0.25) is 9.78 Å². The SMILES string of the molecule is Cc1ncncc1C(=O)N[C@@H](c1ccc(C(F)(F)F)cc1)c1ncccc1C(F)(F)F. The van der Waals surface area contributed by atoms with Crippen molar-refractivity contribution in [1.29, 1.82) is 0 Å². The lowest BCUT2D eigenvalue weighted by molar-refractivity contribution is -0.139. The molecular weight excluding hydrogens is 426 g/mol. The fraction of sp³-hybridized carbons (Fsp3) is 0.200. The summed E-state index contributed by atoms with van der Waals surface area (Å²) in [6, 6.07) is 3.82. The Morgan fingerprint density at radius 1 is 0.968 bits per heavy atom. The molecule has 162 valence electrons. The molecule has 0 unspecified atom stereocenters. The molecule has 31 heavy (non-hydrogen) atoms. The number of hydrogen-bond acceptors (Lipinski definition) is 4. The maximum Gasteiger partial charge on any atom is 0.418 e. The lowest BCUT2D eigenvalue weighted by Gasteiger charge is -2.23. The molecule has 1 amide bonds. The van der Waals surface area contributed by atoms with E-state index in [-0.39, 0.29) is 16.8 Å². The predicted molar refractivity (Wildman–Crippen MR) is 96.8 cm³/mol. The van der Waals surface area contributed by atoms with Gasteiger partial charge in [-0.25, -0.2) is 9.97 Å². The third-order valence-corrected chi connectivity index (χ3v) is 4.42. The zero-order valence-corrected chi connectivity index (χ0v) is 15.8. The Morgan fingerprint density at radius 3 is 2.23 bits per heavy atom. The summed E-state index contributed by atoms with van der Waals surface area (Å²) in [5.74, 6) is -0.804. The molecule has 1 aromatic carbocycles. The van der Waals surface area contributed by atoms with Gasteiger partial charge in [-0.1, -0.05) is 12.1 Å². The van der Waals surface area contributed by atoms with Crippen molar-refractivity contribution in [3.8, 4) is 0 Å². The Kier molecular flexibility index (Phi) is 5.96. The molecule has 1 atom stereocenters. The third-order valence-electron chi connectivity index (χ3n) is 4.42. The Balaban J connectivity index is 2.09. The van der Waals surface area contributed by atoms with Crippen molar-refractivity contribution in [2.75, 3.05) is 0 Å². The summed E-state index contributed by atoms with van der Waals surface area (Å²) in [5, 5.41) is 2.41. The van der Waals surface area contributed by atoms with E-state index in [9.17, 15) is 31.1 Å². The molecule has 0 radical (unpaired) electrons. The molecule has 2 heterocycles. The Morgan fingerprint density at radius 2 is 1.65 bits per heavy atom. The molecule has 0 saturated carbocycles. The number of nitrogens with zero attached hydrogens (tertiary/aromatic N) is 3. The van der Waals surface area contributed by atoms with E-state index in [0.717, 1.165) is 42.6 Å². The number of hydrogen-bond donors (Lipinski definition) is 1. The second kappa shape index (κ2) is 8.32. The van der Waals surface area contributed by atoms with Crippen molar-refractivity contribution < 1.29 is 31.1 Å². The minimum absolute atomic E-state index is 0.00361. The number of halogens is 6. The molecule has 5 nitrogen and oxygen atoms in total. The van der Waals surface area contributed by atoms with Crippen LogP contribution in [0.3, 0.4) is 0 Å². The summed E-state index contributed by atoms with van der Waals surface area (Å²) in [6.45, 7) is 1.51. The van der Waals surface area contributed by atoms with Crippen LogP contribution in [0.15, 0.2) is 55.1 Å². The average molecular weight is 440 g/mol. The van der Waals surface area contributed by atoms with Crippen LogP contribution in [-0.4, -0.2) is 20.9 Å². The molecule has 0 saturated heterocycles. The summed E-state index contributed by atoms with van der Waals surface area (Å²) in [5.41, 5.74) is -2.40. The monoisotopic (exact) mass is 440 g/mol. The quantitative estimate of drug-likeness (QED) is 0.596. The standard InChI is InChI=1S/C20H14F6N4O/c1-11-14(9-27-10-29-11)18(31)30-16(12-4-6-13(7-5-12)19(21,22)23)17-15(20(24,25)26)3-2-8-28-17/h2-10,16H,1H3,(H,30,31)/t16-/m0/s1. The zero-order chi connectivity index (χ0) is 22.8. The molecule has 2 aromatic heterocycles. The topological polar surface area (TPSA) is 67.8 Å². The van der Waals surface area contributed by atoms with Crippen molar-refractivity contribution in [3.63, 3.8) is 0 Å². The highest BCUT2D eigenvalue weighted by Crippen LogP contribution is 2.36. The molecule has 0 aliphatic carbocycles. The first-order chi connectivity index (χ1) is 14.5. The minimum Gasteiger partial charge on any atom is -0.339 e. The van der Waals surface area contributed by atoms with Crippen LogP contribution < -0.4 is 5.32 Å². The third kappa shape index (κ3) is 4.98. The van der Waals surface area contributed by atoms with E-state index in [2.05, 4.69) is 20.3 Å². The summed E-state index contributed by atoms with van der Waals surface area (Å²) in [6.07, 6.45) is -5.95. The van der Waals surface area contributed by atoms with Crippen LogP contribution in [0.25, 0.3) is 0 Å². The summed E-state index contributed by atoms with van der Waals surface area (Å²) in [7, 11) is 0. The highest BCUT2D eigenvalue weighted by Gasteiger charge is 2.37. The van der Waals surface area contributed by atoms with Crippen LogP contribution in [0, 0.1) is 6.92 Å². The van der Waals surface area contributed by atoms with Gasteiger partial charge in [0.05, 0.1) is 34.1 Å². The Bertz CT molecular complexity index is 1080. The van der Waals surface area contributed by atoms with Crippen LogP contribution in [0.1, 0.15) is 44.5 Å². The van der Waals surface area contributed by atoms with Gasteiger partial charge in [-0.15, -0.1) is 0 Å². The van der Waals surface area contributed by atoms with Gasteiger partial charge in [-0.2, -0.15) is 26.3 Å². The normalized spacial score (nSPS) is 13.0. The zero-order valence-electron chi connectivity index (χ0n) is 15.8. The fourth-order valence-corrected chi connectivity index (χ4v) is 2.88. The fourth-order valence-electron chi connectivity index (χ4n) is 2.88. The van der Waals surface area contributed by atoms with Crippen molar-refractivity contribution in [3.05, 3.63) is 88.8 Å². The van der Waals surface area contributed by atoms with Crippen LogP contribution >= 0.6 is 0 Å². The number of pyridine rings is 1. The first-order valence-electron chi connectivity index (χ1n) is 8.75. The minimum atomic E-state index is -4.80. The van der Waals surface area contributed by atoms with Crippen molar-refractivity contribution in [1.82, 2.24) is 20.3 Å². The van der Waals surface area contributed by atoms with Crippen LogP contribution in [0.4, 0.5) is 26.3 Å². The van der Waals surface area contributed by atoms with Crippen LogP contribution in [-0.2, 0) is 12.4 Å². The summed E-state index contributed by atoms with van der Waals surface area (Å²) in [4.78, 5) is 24.1. The summed E-state index contributed by atoms with van der Waals surface area (Å²) >= 11 is 0. The van der Waals surface area contributed by atoms with E-state index in [1.165, 1.54) is 19.4 Å². The first kappa shape index (κ1) is 22.2. The van der Waals surface area contributed by atoms with Crippen LogP contribution in [0.5, 0.6) is 0 Å². The van der Waals surface area contributed by atoms with Gasteiger partial charge >= 0.3 is 12.4 Å². The molecule has 0 aliphatic rings. The van der Waals surface area contributed by atoms with Gasteiger partial charge in [0.1, 0.15) is 6.33 Å². The highest BCUT2D eigenvalue weighted by atomic mass is 19.4. The predicted octanol–water partition coefficient (Wildman–Crippen LogP) is 4.74. The van der Waals surface area contributed by atoms with E-state index < -0.39 is 41.1 Å². The number of alkyl halides is 6. The molecule has 3 rings (SSSR count). The lowest BCUT2D eigenvalue weighted by Crippen LogP contribution is -2.32.